The molecule has 0 saturated heterocycles. The summed E-state index contributed by atoms with van der Waals surface area (Å²) in [6.45, 7) is 5.30. The van der Waals surface area contributed by atoms with E-state index in [-0.39, 0.29) is 11.6 Å². The smallest absolute Gasteiger partial charge is 0.168 e. The highest BCUT2D eigenvalue weighted by Crippen LogP contribution is 2.18. The molecule has 0 amide bonds. The van der Waals surface area contributed by atoms with Crippen LogP contribution in [0.15, 0.2) is 18.5 Å². The third-order valence-corrected chi connectivity index (χ3v) is 2.67. The van der Waals surface area contributed by atoms with E-state index in [2.05, 4.69) is 20.7 Å². The first-order valence-electron chi connectivity index (χ1n) is 6.43. The summed E-state index contributed by atoms with van der Waals surface area (Å²) >= 11 is 0. The van der Waals surface area contributed by atoms with Gasteiger partial charge in [0.05, 0.1) is 12.7 Å². The van der Waals surface area contributed by atoms with Gasteiger partial charge in [-0.3, -0.25) is 4.68 Å². The second-order valence-electron chi connectivity index (χ2n) is 4.39. The number of halogens is 2. The summed E-state index contributed by atoms with van der Waals surface area (Å²) in [5.41, 5.74) is 1.06. The van der Waals surface area contributed by atoms with Gasteiger partial charge in [0, 0.05) is 25.4 Å². The first-order valence-corrected chi connectivity index (χ1v) is 6.43. The molecule has 7 heteroatoms. The van der Waals surface area contributed by atoms with Gasteiger partial charge in [0.15, 0.2) is 23.3 Å². The summed E-state index contributed by atoms with van der Waals surface area (Å²) in [6, 6.07) is 0.825. The molecule has 2 aromatic rings. The summed E-state index contributed by atoms with van der Waals surface area (Å²) in [7, 11) is 0. The fourth-order valence-electron chi connectivity index (χ4n) is 1.76. The van der Waals surface area contributed by atoms with Gasteiger partial charge in [-0.15, -0.1) is 0 Å². The van der Waals surface area contributed by atoms with Gasteiger partial charge in [-0.25, -0.2) is 13.8 Å². The monoisotopic (exact) mass is 281 g/mol. The molecule has 20 heavy (non-hydrogen) atoms. The number of nitrogens with zero attached hydrogens (tertiary/aromatic N) is 3. The van der Waals surface area contributed by atoms with Crippen molar-refractivity contribution in [2.45, 2.75) is 20.4 Å². The Kier molecular flexibility index (Phi) is 4.49. The molecule has 2 rings (SSSR count). The van der Waals surface area contributed by atoms with Crippen LogP contribution in [0.3, 0.4) is 0 Å². The van der Waals surface area contributed by atoms with Crippen LogP contribution in [0.2, 0.25) is 0 Å². The third-order valence-electron chi connectivity index (χ3n) is 2.67. The van der Waals surface area contributed by atoms with E-state index >= 15 is 0 Å². The molecule has 0 aliphatic heterocycles. The van der Waals surface area contributed by atoms with Crippen LogP contribution in [-0.2, 0) is 6.54 Å². The summed E-state index contributed by atoms with van der Waals surface area (Å²) in [6.07, 6.45) is 3.64. The standard InChI is InChI=1S/C13H17F2N5/c1-3-16-12-10(14)6-11(15)13(19-12)17-4-5-20-8-9(2)7-18-20/h6-8H,3-5H2,1-2H3,(H2,16,17,19). The van der Waals surface area contributed by atoms with Crippen LogP contribution in [-0.4, -0.2) is 27.9 Å². The lowest BCUT2D eigenvalue weighted by Crippen LogP contribution is -2.14. The minimum Gasteiger partial charge on any atom is -0.368 e. The Morgan fingerprint density at radius 2 is 1.90 bits per heavy atom. The van der Waals surface area contributed by atoms with Crippen LogP contribution in [0.5, 0.6) is 0 Å². The van der Waals surface area contributed by atoms with E-state index < -0.39 is 11.6 Å². The molecular formula is C13H17F2N5. The van der Waals surface area contributed by atoms with Gasteiger partial charge in [0.2, 0.25) is 0 Å². The molecule has 0 unspecified atom stereocenters. The van der Waals surface area contributed by atoms with E-state index in [0.29, 0.717) is 19.6 Å². The highest BCUT2D eigenvalue weighted by molar-refractivity contribution is 5.47. The molecule has 0 radical (unpaired) electrons. The minimum atomic E-state index is -0.708. The Morgan fingerprint density at radius 3 is 2.50 bits per heavy atom. The molecule has 0 bridgehead atoms. The number of anilines is 2. The molecule has 0 fully saturated rings. The van der Waals surface area contributed by atoms with Crippen molar-refractivity contribution in [2.24, 2.45) is 0 Å². The fraction of sp³-hybridized carbons (Fsp3) is 0.385. The van der Waals surface area contributed by atoms with Gasteiger partial charge < -0.3 is 10.6 Å². The molecule has 0 aliphatic rings. The molecule has 108 valence electrons. The summed E-state index contributed by atoms with van der Waals surface area (Å²) in [5.74, 6) is -1.32. The van der Waals surface area contributed by atoms with Crippen molar-refractivity contribution >= 4 is 11.6 Å². The van der Waals surface area contributed by atoms with Crippen LogP contribution in [0.1, 0.15) is 12.5 Å². The molecule has 2 N–H and O–H groups in total. The van der Waals surface area contributed by atoms with Crippen molar-refractivity contribution in [3.05, 3.63) is 35.7 Å². The molecule has 0 atom stereocenters. The van der Waals surface area contributed by atoms with Crippen molar-refractivity contribution in [3.63, 3.8) is 0 Å². The number of pyridine rings is 1. The van der Waals surface area contributed by atoms with Crippen molar-refractivity contribution in [1.29, 1.82) is 0 Å². The molecule has 2 heterocycles. The number of aromatic nitrogens is 3. The van der Waals surface area contributed by atoms with Crippen LogP contribution in [0.4, 0.5) is 20.4 Å². The lowest BCUT2D eigenvalue weighted by Gasteiger charge is -2.10. The van der Waals surface area contributed by atoms with Crippen LogP contribution in [0.25, 0.3) is 0 Å². The summed E-state index contributed by atoms with van der Waals surface area (Å²) in [4.78, 5) is 3.90. The van der Waals surface area contributed by atoms with E-state index in [4.69, 9.17) is 0 Å². The zero-order chi connectivity index (χ0) is 14.5. The second kappa shape index (κ2) is 6.31. The van der Waals surface area contributed by atoms with Crippen molar-refractivity contribution in [3.8, 4) is 0 Å². The van der Waals surface area contributed by atoms with Gasteiger partial charge in [-0.05, 0) is 19.4 Å². The SMILES string of the molecule is CCNc1nc(NCCn2cc(C)cn2)c(F)cc1F. The second-order valence-corrected chi connectivity index (χ2v) is 4.39. The number of hydrogen-bond donors (Lipinski definition) is 2. The number of aryl methyl sites for hydroxylation is 1. The Bertz CT molecular complexity index is 582. The highest BCUT2D eigenvalue weighted by Gasteiger charge is 2.10. The summed E-state index contributed by atoms with van der Waals surface area (Å²) < 4.78 is 28.7. The van der Waals surface area contributed by atoms with Gasteiger partial charge in [-0.1, -0.05) is 0 Å². The number of rotatable bonds is 6. The predicted octanol–water partition coefficient (Wildman–Crippen LogP) is 2.41. The predicted molar refractivity (Wildman–Crippen MR) is 73.8 cm³/mol. The largest absolute Gasteiger partial charge is 0.368 e. The molecular weight excluding hydrogens is 264 g/mol. The molecule has 0 spiro atoms. The molecule has 2 aromatic heterocycles. The minimum absolute atomic E-state index is 0.0335. The first kappa shape index (κ1) is 14.2. The quantitative estimate of drug-likeness (QED) is 0.853. The Labute approximate surface area is 116 Å². The van der Waals surface area contributed by atoms with Crippen molar-refractivity contribution < 1.29 is 8.78 Å². The van der Waals surface area contributed by atoms with E-state index in [0.717, 1.165) is 11.6 Å². The third kappa shape index (κ3) is 3.43. The number of hydrogen-bond acceptors (Lipinski definition) is 4. The maximum Gasteiger partial charge on any atom is 0.168 e. The zero-order valence-electron chi connectivity index (χ0n) is 11.5. The van der Waals surface area contributed by atoms with Crippen molar-refractivity contribution in [1.82, 2.24) is 14.8 Å². The lowest BCUT2D eigenvalue weighted by molar-refractivity contribution is 0.575. The maximum atomic E-state index is 13.6. The molecule has 0 aromatic carbocycles. The topological polar surface area (TPSA) is 54.8 Å². The highest BCUT2D eigenvalue weighted by atomic mass is 19.1. The Morgan fingerprint density at radius 1 is 1.20 bits per heavy atom. The van der Waals surface area contributed by atoms with Crippen LogP contribution >= 0.6 is 0 Å². The lowest BCUT2D eigenvalue weighted by atomic mass is 10.4. The van der Waals surface area contributed by atoms with E-state index in [9.17, 15) is 8.78 Å². The van der Waals surface area contributed by atoms with Crippen LogP contribution < -0.4 is 10.6 Å². The molecule has 5 nitrogen and oxygen atoms in total. The molecule has 0 aliphatic carbocycles. The van der Waals surface area contributed by atoms with Crippen LogP contribution in [0, 0.1) is 18.6 Å². The fourth-order valence-corrected chi connectivity index (χ4v) is 1.76. The van der Waals surface area contributed by atoms with Crippen molar-refractivity contribution in [2.75, 3.05) is 23.7 Å². The maximum absolute atomic E-state index is 13.6. The van der Waals surface area contributed by atoms with Gasteiger partial charge in [-0.2, -0.15) is 5.10 Å². The van der Waals surface area contributed by atoms with Gasteiger partial charge in [0.25, 0.3) is 0 Å². The normalized spacial score (nSPS) is 10.6. The Hall–Kier alpha value is -2.18. The molecule has 0 saturated carbocycles. The first-order chi connectivity index (χ1) is 9.60. The van der Waals surface area contributed by atoms with E-state index in [1.165, 1.54) is 0 Å². The van der Waals surface area contributed by atoms with E-state index in [1.807, 2.05) is 20.0 Å². The Balaban J connectivity index is 1.99. The average molecular weight is 281 g/mol. The summed E-state index contributed by atoms with van der Waals surface area (Å²) in [5, 5.41) is 9.71. The average Bonchev–Trinajstić information content (AvgIpc) is 2.81. The zero-order valence-corrected chi connectivity index (χ0v) is 11.5. The van der Waals surface area contributed by atoms with E-state index in [1.54, 1.807) is 10.9 Å². The van der Waals surface area contributed by atoms with Gasteiger partial charge >= 0.3 is 0 Å². The van der Waals surface area contributed by atoms with Gasteiger partial charge in [0.1, 0.15) is 0 Å². The number of nitrogens with one attached hydrogen (secondary N) is 2.